The predicted molar refractivity (Wildman–Crippen MR) is 81.2 cm³/mol. The molecule has 1 heteroatoms. The van der Waals surface area contributed by atoms with Gasteiger partial charge in [0.25, 0.3) is 0 Å². The van der Waals surface area contributed by atoms with E-state index in [1.54, 1.807) is 0 Å². The van der Waals surface area contributed by atoms with Crippen molar-refractivity contribution in [2.45, 2.75) is 59.0 Å². The molecule has 0 spiro atoms. The van der Waals surface area contributed by atoms with E-state index in [2.05, 4.69) is 44.3 Å². The molecule has 0 amide bonds. The van der Waals surface area contributed by atoms with Crippen LogP contribution in [0.3, 0.4) is 0 Å². The lowest BCUT2D eigenvalue weighted by molar-refractivity contribution is 0.259. The highest BCUT2D eigenvalue weighted by atomic mass is 14.9. The van der Waals surface area contributed by atoms with Crippen molar-refractivity contribution in [3.63, 3.8) is 0 Å². The summed E-state index contributed by atoms with van der Waals surface area (Å²) in [5.74, 6) is 3.01. The first-order chi connectivity index (χ1) is 9.13. The van der Waals surface area contributed by atoms with Crippen molar-refractivity contribution in [3.8, 4) is 0 Å². The lowest BCUT2D eigenvalue weighted by Crippen LogP contribution is -2.36. The molecule has 4 atom stereocenters. The molecule has 1 N–H and O–H groups in total. The lowest BCUT2D eigenvalue weighted by Gasteiger charge is -2.29. The zero-order chi connectivity index (χ0) is 13.4. The van der Waals surface area contributed by atoms with E-state index in [1.807, 2.05) is 0 Å². The van der Waals surface area contributed by atoms with Gasteiger partial charge in [0.15, 0.2) is 0 Å². The number of benzene rings is 1. The van der Waals surface area contributed by atoms with E-state index in [1.165, 1.54) is 42.4 Å². The molecule has 2 fully saturated rings. The van der Waals surface area contributed by atoms with Gasteiger partial charge in [0.2, 0.25) is 0 Å². The molecule has 0 radical (unpaired) electrons. The number of hydrogen-bond donors (Lipinski definition) is 1. The molecule has 104 valence electrons. The predicted octanol–water partition coefficient (Wildman–Crippen LogP) is 4.22. The van der Waals surface area contributed by atoms with Crippen LogP contribution in [-0.4, -0.2) is 6.04 Å². The van der Waals surface area contributed by atoms with Gasteiger partial charge in [0, 0.05) is 12.6 Å². The highest BCUT2D eigenvalue weighted by molar-refractivity contribution is 5.30. The third-order valence-corrected chi connectivity index (χ3v) is 5.55. The average molecular weight is 257 g/mol. The third kappa shape index (κ3) is 2.72. The second kappa shape index (κ2) is 5.28. The molecule has 1 nitrogen and oxygen atoms in total. The maximum Gasteiger partial charge on any atom is 0.0210 e. The molecule has 2 saturated carbocycles. The standard InChI is InChI=1S/C18H27N/c1-12-4-5-13(2)17(8-12)11-19-14(3)18-10-15-6-7-16(18)9-15/h4-5,8,14-16,18-19H,6-7,9-11H2,1-3H3. The van der Waals surface area contributed by atoms with Crippen molar-refractivity contribution in [2.75, 3.05) is 0 Å². The molecule has 3 rings (SSSR count). The summed E-state index contributed by atoms with van der Waals surface area (Å²) in [5, 5.41) is 3.79. The fraction of sp³-hybridized carbons (Fsp3) is 0.667. The smallest absolute Gasteiger partial charge is 0.0210 e. The quantitative estimate of drug-likeness (QED) is 0.851. The number of rotatable bonds is 4. The van der Waals surface area contributed by atoms with E-state index in [-0.39, 0.29) is 0 Å². The van der Waals surface area contributed by atoms with Gasteiger partial charge in [0.05, 0.1) is 0 Å². The molecule has 2 aliphatic rings. The van der Waals surface area contributed by atoms with Gasteiger partial charge >= 0.3 is 0 Å². The molecule has 2 aliphatic carbocycles. The fourth-order valence-electron chi connectivity index (χ4n) is 4.32. The lowest BCUT2D eigenvalue weighted by atomic mass is 9.84. The fourth-order valence-corrected chi connectivity index (χ4v) is 4.32. The van der Waals surface area contributed by atoms with Gasteiger partial charge in [-0.1, -0.05) is 30.2 Å². The number of hydrogen-bond acceptors (Lipinski definition) is 1. The van der Waals surface area contributed by atoms with Crippen molar-refractivity contribution in [1.82, 2.24) is 5.32 Å². The van der Waals surface area contributed by atoms with Crippen molar-refractivity contribution in [1.29, 1.82) is 0 Å². The Labute approximate surface area is 117 Å². The van der Waals surface area contributed by atoms with Gasteiger partial charge in [-0.25, -0.2) is 0 Å². The Morgan fingerprint density at radius 2 is 2.05 bits per heavy atom. The third-order valence-electron chi connectivity index (χ3n) is 5.55. The van der Waals surface area contributed by atoms with Gasteiger partial charge in [-0.05, 0) is 68.9 Å². The van der Waals surface area contributed by atoms with E-state index >= 15 is 0 Å². The minimum atomic E-state index is 0.676. The first kappa shape index (κ1) is 13.2. The molecule has 0 saturated heterocycles. The average Bonchev–Trinajstić information content (AvgIpc) is 3.02. The Hall–Kier alpha value is -0.820. The minimum absolute atomic E-state index is 0.676. The first-order valence-corrected chi connectivity index (χ1v) is 7.93. The van der Waals surface area contributed by atoms with Gasteiger partial charge in [0.1, 0.15) is 0 Å². The summed E-state index contributed by atoms with van der Waals surface area (Å²) < 4.78 is 0. The maximum absolute atomic E-state index is 3.79. The second-order valence-corrected chi connectivity index (χ2v) is 6.94. The summed E-state index contributed by atoms with van der Waals surface area (Å²) in [5.41, 5.74) is 4.25. The first-order valence-electron chi connectivity index (χ1n) is 7.93. The van der Waals surface area contributed by atoms with Crippen LogP contribution in [0.1, 0.15) is 49.3 Å². The number of aryl methyl sites for hydroxylation is 2. The summed E-state index contributed by atoms with van der Waals surface area (Å²) in [6.07, 6.45) is 5.99. The minimum Gasteiger partial charge on any atom is -0.310 e. The summed E-state index contributed by atoms with van der Waals surface area (Å²) in [6, 6.07) is 7.46. The van der Waals surface area contributed by atoms with Crippen molar-refractivity contribution in [3.05, 3.63) is 34.9 Å². The van der Waals surface area contributed by atoms with Crippen molar-refractivity contribution < 1.29 is 0 Å². The summed E-state index contributed by atoms with van der Waals surface area (Å²) >= 11 is 0. The number of nitrogens with one attached hydrogen (secondary N) is 1. The molecule has 19 heavy (non-hydrogen) atoms. The van der Waals surface area contributed by atoms with E-state index in [0.717, 1.165) is 24.3 Å². The Morgan fingerprint density at radius 1 is 1.21 bits per heavy atom. The summed E-state index contributed by atoms with van der Waals surface area (Å²) in [7, 11) is 0. The van der Waals surface area contributed by atoms with Gasteiger partial charge in [-0.2, -0.15) is 0 Å². The molecule has 2 bridgehead atoms. The van der Waals surface area contributed by atoms with Crippen molar-refractivity contribution >= 4 is 0 Å². The topological polar surface area (TPSA) is 12.0 Å². The Bertz CT molecular complexity index is 451. The second-order valence-electron chi connectivity index (χ2n) is 6.94. The van der Waals surface area contributed by atoms with Crippen LogP contribution in [-0.2, 0) is 6.54 Å². The van der Waals surface area contributed by atoms with Crippen LogP contribution in [0.2, 0.25) is 0 Å². The summed E-state index contributed by atoms with van der Waals surface area (Å²) in [6.45, 7) is 7.83. The van der Waals surface area contributed by atoms with Crippen LogP contribution >= 0.6 is 0 Å². The largest absolute Gasteiger partial charge is 0.310 e. The monoisotopic (exact) mass is 257 g/mol. The van der Waals surface area contributed by atoms with E-state index in [9.17, 15) is 0 Å². The van der Waals surface area contributed by atoms with Crippen LogP contribution < -0.4 is 5.32 Å². The number of fused-ring (bicyclic) bond motifs is 2. The van der Waals surface area contributed by atoms with Crippen molar-refractivity contribution in [2.24, 2.45) is 17.8 Å². The van der Waals surface area contributed by atoms with E-state index < -0.39 is 0 Å². The normalized spacial score (nSPS) is 30.8. The van der Waals surface area contributed by atoms with Crippen LogP contribution in [0.4, 0.5) is 0 Å². The molecule has 0 aliphatic heterocycles. The molecular weight excluding hydrogens is 230 g/mol. The zero-order valence-electron chi connectivity index (χ0n) is 12.6. The van der Waals surface area contributed by atoms with Gasteiger partial charge in [-0.15, -0.1) is 0 Å². The Balaban J connectivity index is 1.58. The molecule has 1 aromatic carbocycles. The van der Waals surface area contributed by atoms with Crippen LogP contribution in [0.5, 0.6) is 0 Å². The van der Waals surface area contributed by atoms with E-state index in [0.29, 0.717) is 6.04 Å². The molecule has 4 unspecified atom stereocenters. The summed E-state index contributed by atoms with van der Waals surface area (Å²) in [4.78, 5) is 0. The van der Waals surface area contributed by atoms with Gasteiger partial charge < -0.3 is 5.32 Å². The highest BCUT2D eigenvalue weighted by Crippen LogP contribution is 2.49. The molecule has 0 aromatic heterocycles. The SMILES string of the molecule is Cc1ccc(C)c(CNC(C)C2CC3CCC2C3)c1. The van der Waals surface area contributed by atoms with Crippen LogP contribution in [0.15, 0.2) is 18.2 Å². The Kier molecular flexibility index (Phi) is 3.66. The molecule has 1 aromatic rings. The maximum atomic E-state index is 3.79. The van der Waals surface area contributed by atoms with Crippen LogP contribution in [0, 0.1) is 31.6 Å². The van der Waals surface area contributed by atoms with Crippen LogP contribution in [0.25, 0.3) is 0 Å². The zero-order valence-corrected chi connectivity index (χ0v) is 12.6. The van der Waals surface area contributed by atoms with E-state index in [4.69, 9.17) is 0 Å². The Morgan fingerprint density at radius 3 is 2.74 bits per heavy atom. The molecular formula is C18H27N. The van der Waals surface area contributed by atoms with Gasteiger partial charge in [-0.3, -0.25) is 0 Å². The highest BCUT2D eigenvalue weighted by Gasteiger charge is 2.41. The molecule has 0 heterocycles.